The Bertz CT molecular complexity index is 1290. The lowest BCUT2D eigenvalue weighted by Crippen LogP contribution is -2.39. The van der Waals surface area contributed by atoms with Crippen LogP contribution in [0, 0.1) is 6.92 Å². The number of hydrogen-bond acceptors (Lipinski definition) is 7. The van der Waals surface area contributed by atoms with Crippen molar-refractivity contribution in [1.82, 2.24) is 5.43 Å². The van der Waals surface area contributed by atoms with Crippen LogP contribution in [0.4, 0.5) is 5.69 Å². The van der Waals surface area contributed by atoms with Crippen molar-refractivity contribution in [1.29, 1.82) is 0 Å². The van der Waals surface area contributed by atoms with Gasteiger partial charge in [-0.2, -0.15) is 5.10 Å². The number of carbonyl (C=O) groups is 1. The van der Waals surface area contributed by atoms with E-state index >= 15 is 0 Å². The third kappa shape index (κ3) is 5.46. The highest BCUT2D eigenvalue weighted by atomic mass is 32.2. The van der Waals surface area contributed by atoms with Crippen LogP contribution in [0.5, 0.6) is 17.2 Å². The molecular weight excluding hydrogens is 458 g/mol. The normalized spacial score (nSPS) is 11.3. The maximum Gasteiger partial charge on any atom is 0.264 e. The lowest BCUT2D eigenvalue weighted by molar-refractivity contribution is -0.119. The number of nitrogens with zero attached hydrogens (tertiary/aromatic N) is 2. The van der Waals surface area contributed by atoms with E-state index in [0.717, 1.165) is 9.87 Å². The molecule has 0 fully saturated rings. The highest BCUT2D eigenvalue weighted by molar-refractivity contribution is 7.92. The first-order chi connectivity index (χ1) is 16.3. The Hall–Kier alpha value is -4.05. The molecule has 0 aromatic heterocycles. The SMILES string of the molecule is COc1ccccc1N(CC(=O)N/N=C\c1cccc(OC)c1O)S(=O)(=O)c1ccc(C)cc1. The van der Waals surface area contributed by atoms with E-state index < -0.39 is 22.5 Å². The lowest BCUT2D eigenvalue weighted by Gasteiger charge is -2.25. The van der Waals surface area contributed by atoms with Gasteiger partial charge in [-0.1, -0.05) is 35.9 Å². The summed E-state index contributed by atoms with van der Waals surface area (Å²) >= 11 is 0. The van der Waals surface area contributed by atoms with Crippen LogP contribution in [0.3, 0.4) is 0 Å². The van der Waals surface area contributed by atoms with E-state index in [2.05, 4.69) is 10.5 Å². The molecule has 0 saturated heterocycles. The smallest absolute Gasteiger partial charge is 0.264 e. The Labute approximate surface area is 198 Å². The highest BCUT2D eigenvalue weighted by Gasteiger charge is 2.29. The first kappa shape index (κ1) is 24.6. The van der Waals surface area contributed by atoms with Crippen LogP contribution < -0.4 is 19.2 Å². The van der Waals surface area contributed by atoms with Crippen LogP contribution in [0.2, 0.25) is 0 Å². The predicted octanol–water partition coefficient (Wildman–Crippen LogP) is 3.06. The zero-order valence-electron chi connectivity index (χ0n) is 18.9. The Kier molecular flexibility index (Phi) is 7.75. The van der Waals surface area contributed by atoms with Crippen LogP contribution in [0.1, 0.15) is 11.1 Å². The minimum atomic E-state index is -4.11. The summed E-state index contributed by atoms with van der Waals surface area (Å²) in [5.74, 6) is -0.293. The van der Waals surface area contributed by atoms with Crippen LogP contribution in [-0.2, 0) is 14.8 Å². The summed E-state index contributed by atoms with van der Waals surface area (Å²) in [6.45, 7) is 1.29. The predicted molar refractivity (Wildman–Crippen MR) is 129 cm³/mol. The second kappa shape index (κ2) is 10.7. The first-order valence-corrected chi connectivity index (χ1v) is 11.6. The van der Waals surface area contributed by atoms with Gasteiger partial charge < -0.3 is 14.6 Å². The molecule has 0 saturated carbocycles. The van der Waals surface area contributed by atoms with Gasteiger partial charge in [0.05, 0.1) is 31.0 Å². The van der Waals surface area contributed by atoms with E-state index in [0.29, 0.717) is 5.56 Å². The number of rotatable bonds is 9. The molecule has 34 heavy (non-hydrogen) atoms. The summed E-state index contributed by atoms with van der Waals surface area (Å²) in [6.07, 6.45) is 1.23. The number of phenolic OH excluding ortho intramolecular Hbond substituents is 1. The molecule has 9 nitrogen and oxygen atoms in total. The maximum absolute atomic E-state index is 13.5. The van der Waals surface area contributed by atoms with E-state index in [1.54, 1.807) is 54.6 Å². The van der Waals surface area contributed by atoms with E-state index in [4.69, 9.17) is 9.47 Å². The molecule has 0 spiro atoms. The number of ether oxygens (including phenoxy) is 2. The molecule has 3 aromatic carbocycles. The molecule has 0 radical (unpaired) electrons. The number of phenols is 1. The number of nitrogens with one attached hydrogen (secondary N) is 1. The molecule has 3 aromatic rings. The van der Waals surface area contributed by atoms with Crippen molar-refractivity contribution in [2.24, 2.45) is 5.10 Å². The van der Waals surface area contributed by atoms with Crippen molar-refractivity contribution in [2.45, 2.75) is 11.8 Å². The standard InChI is InChI=1S/C24H25N3O6S/c1-17-11-13-19(14-12-17)34(30,31)27(20-8-4-5-9-21(20)32-2)16-23(28)26-25-15-18-7-6-10-22(33-3)24(18)29/h4-15,29H,16H2,1-3H3,(H,26,28)/b25-15-. The van der Waals surface area contributed by atoms with E-state index in [9.17, 15) is 18.3 Å². The molecular formula is C24H25N3O6S. The monoisotopic (exact) mass is 483 g/mol. The molecule has 0 aliphatic rings. The van der Waals surface area contributed by atoms with Gasteiger partial charge in [0.2, 0.25) is 0 Å². The van der Waals surface area contributed by atoms with Gasteiger partial charge in [0.25, 0.3) is 15.9 Å². The van der Waals surface area contributed by atoms with Crippen molar-refractivity contribution in [3.63, 3.8) is 0 Å². The molecule has 0 bridgehead atoms. The fourth-order valence-electron chi connectivity index (χ4n) is 3.12. The zero-order chi connectivity index (χ0) is 24.7. The molecule has 178 valence electrons. The molecule has 2 N–H and O–H groups in total. The number of carbonyl (C=O) groups excluding carboxylic acids is 1. The number of hydrazone groups is 1. The molecule has 1 amide bonds. The average molecular weight is 484 g/mol. The fraction of sp³-hybridized carbons (Fsp3) is 0.167. The third-order valence-electron chi connectivity index (χ3n) is 4.89. The minimum Gasteiger partial charge on any atom is -0.504 e. The first-order valence-electron chi connectivity index (χ1n) is 10.2. The number of sulfonamides is 1. The topological polar surface area (TPSA) is 118 Å². The van der Waals surface area contributed by atoms with Crippen molar-refractivity contribution < 1.29 is 27.8 Å². The molecule has 3 rings (SSSR count). The van der Waals surface area contributed by atoms with E-state index in [-0.39, 0.29) is 27.8 Å². The lowest BCUT2D eigenvalue weighted by atomic mass is 10.2. The number of methoxy groups -OCH3 is 2. The summed E-state index contributed by atoms with van der Waals surface area (Å²) < 4.78 is 38.3. The van der Waals surface area contributed by atoms with Gasteiger partial charge in [0, 0.05) is 5.56 Å². The number of hydrogen-bond donors (Lipinski definition) is 2. The number of benzene rings is 3. The van der Waals surface area contributed by atoms with Gasteiger partial charge in [-0.05, 0) is 43.3 Å². The Morgan fingerprint density at radius 3 is 2.32 bits per heavy atom. The van der Waals surface area contributed by atoms with E-state index in [1.165, 1.54) is 32.6 Å². The average Bonchev–Trinajstić information content (AvgIpc) is 2.83. The largest absolute Gasteiger partial charge is 0.504 e. The van der Waals surface area contributed by atoms with Crippen LogP contribution >= 0.6 is 0 Å². The number of amides is 1. The van der Waals surface area contributed by atoms with Gasteiger partial charge in [-0.15, -0.1) is 0 Å². The fourth-order valence-corrected chi connectivity index (χ4v) is 4.55. The molecule has 0 aliphatic heterocycles. The van der Waals surface area contributed by atoms with Gasteiger partial charge in [-0.3, -0.25) is 9.10 Å². The summed E-state index contributed by atoms with van der Waals surface area (Å²) in [6, 6.07) is 17.6. The van der Waals surface area contributed by atoms with Gasteiger partial charge in [0.15, 0.2) is 11.5 Å². The van der Waals surface area contributed by atoms with Crippen LogP contribution in [-0.4, -0.2) is 46.4 Å². The van der Waals surface area contributed by atoms with Gasteiger partial charge in [-0.25, -0.2) is 13.8 Å². The number of para-hydroxylation sites is 3. The molecule has 10 heteroatoms. The van der Waals surface area contributed by atoms with Gasteiger partial charge in [0.1, 0.15) is 12.3 Å². The summed E-state index contributed by atoms with van der Waals surface area (Å²) in [5.41, 5.74) is 3.71. The highest BCUT2D eigenvalue weighted by Crippen LogP contribution is 2.32. The Morgan fingerprint density at radius 1 is 1.00 bits per heavy atom. The van der Waals surface area contributed by atoms with Crippen molar-refractivity contribution in [3.8, 4) is 17.2 Å². The van der Waals surface area contributed by atoms with Crippen molar-refractivity contribution in [2.75, 3.05) is 25.1 Å². The zero-order valence-corrected chi connectivity index (χ0v) is 19.7. The second-order valence-corrected chi connectivity index (χ2v) is 9.05. The minimum absolute atomic E-state index is 0.0293. The summed E-state index contributed by atoms with van der Waals surface area (Å²) in [7, 11) is -1.27. The summed E-state index contributed by atoms with van der Waals surface area (Å²) in [5, 5.41) is 14.0. The van der Waals surface area contributed by atoms with Crippen LogP contribution in [0.25, 0.3) is 0 Å². The maximum atomic E-state index is 13.5. The van der Waals surface area contributed by atoms with Crippen LogP contribution in [0.15, 0.2) is 76.7 Å². The third-order valence-corrected chi connectivity index (χ3v) is 6.67. The van der Waals surface area contributed by atoms with E-state index in [1.807, 2.05) is 6.92 Å². The molecule has 0 atom stereocenters. The second-order valence-electron chi connectivity index (χ2n) is 7.19. The van der Waals surface area contributed by atoms with Gasteiger partial charge >= 0.3 is 0 Å². The number of anilines is 1. The van der Waals surface area contributed by atoms with Crippen molar-refractivity contribution >= 4 is 27.8 Å². The quantitative estimate of drug-likeness (QED) is 0.357. The molecule has 0 aliphatic carbocycles. The summed E-state index contributed by atoms with van der Waals surface area (Å²) in [4.78, 5) is 12.7. The van der Waals surface area contributed by atoms with Crippen molar-refractivity contribution in [3.05, 3.63) is 77.9 Å². The molecule has 0 unspecified atom stereocenters. The number of aromatic hydroxyl groups is 1. The molecule has 0 heterocycles. The Morgan fingerprint density at radius 2 is 1.65 bits per heavy atom. The Balaban J connectivity index is 1.89. The number of aryl methyl sites for hydroxylation is 1.